The van der Waals surface area contributed by atoms with E-state index in [4.69, 9.17) is 10.2 Å². The van der Waals surface area contributed by atoms with Crippen LogP contribution in [0.15, 0.2) is 18.2 Å². The first-order chi connectivity index (χ1) is 10.8. The van der Waals surface area contributed by atoms with Gasteiger partial charge in [0.2, 0.25) is 0 Å². The first kappa shape index (κ1) is 19.0. The molecule has 0 unspecified atom stereocenters. The van der Waals surface area contributed by atoms with Gasteiger partial charge >= 0.3 is 18.0 Å². The summed E-state index contributed by atoms with van der Waals surface area (Å²) in [5.41, 5.74) is 0.910. The highest BCUT2D eigenvalue weighted by Gasteiger charge is 2.20. The summed E-state index contributed by atoms with van der Waals surface area (Å²) in [5.74, 6) is -2.22. The molecule has 126 valence electrons. The number of rotatable bonds is 8. The molecule has 1 atom stereocenters. The van der Waals surface area contributed by atoms with Crippen LogP contribution in [-0.2, 0) is 16.0 Å². The molecule has 0 spiro atoms. The Morgan fingerprint density at radius 2 is 1.91 bits per heavy atom. The molecule has 0 radical (unpaired) electrons. The number of carbonyl (C=O) groups excluding carboxylic acids is 1. The first-order valence-electron chi connectivity index (χ1n) is 6.76. The van der Waals surface area contributed by atoms with Crippen molar-refractivity contribution >= 4 is 40.6 Å². The zero-order valence-electron chi connectivity index (χ0n) is 12.1. The highest BCUT2D eigenvalue weighted by Crippen LogP contribution is 2.20. The fourth-order valence-electron chi connectivity index (χ4n) is 1.76. The largest absolute Gasteiger partial charge is 0.507 e. The Kier molecular flexibility index (Phi) is 7.59. The molecule has 0 heterocycles. The topological polar surface area (TPSA) is 136 Å². The van der Waals surface area contributed by atoms with E-state index >= 15 is 0 Å². The minimum absolute atomic E-state index is 0.183. The average molecular weight is 436 g/mol. The van der Waals surface area contributed by atoms with Crippen molar-refractivity contribution in [2.45, 2.75) is 25.3 Å². The highest BCUT2D eigenvalue weighted by atomic mass is 127. The lowest BCUT2D eigenvalue weighted by Crippen LogP contribution is -2.46. The zero-order valence-corrected chi connectivity index (χ0v) is 14.2. The molecule has 0 aliphatic rings. The number of phenols is 1. The number of hydrogen-bond donors (Lipinski definition) is 5. The van der Waals surface area contributed by atoms with Crippen LogP contribution in [0.2, 0.25) is 0 Å². The van der Waals surface area contributed by atoms with E-state index in [1.165, 1.54) is 0 Å². The second kappa shape index (κ2) is 9.18. The molecule has 23 heavy (non-hydrogen) atoms. The minimum atomic E-state index is -1.28. The lowest BCUT2D eigenvalue weighted by atomic mass is 10.1. The molecular formula is C14H17IN2O6. The Bertz CT molecular complexity index is 593. The number of aromatic hydroxyl groups is 1. The molecule has 0 aromatic heterocycles. The van der Waals surface area contributed by atoms with Crippen molar-refractivity contribution in [2.75, 3.05) is 6.54 Å². The van der Waals surface area contributed by atoms with E-state index in [-0.39, 0.29) is 25.1 Å². The van der Waals surface area contributed by atoms with Gasteiger partial charge in [0.15, 0.2) is 0 Å². The van der Waals surface area contributed by atoms with Crippen molar-refractivity contribution in [3.05, 3.63) is 27.3 Å². The molecule has 0 bridgehead atoms. The Morgan fingerprint density at radius 3 is 2.48 bits per heavy atom. The maximum Gasteiger partial charge on any atom is 0.326 e. The van der Waals surface area contributed by atoms with Crippen molar-refractivity contribution < 1.29 is 29.7 Å². The molecule has 0 saturated carbocycles. The normalized spacial score (nSPS) is 11.5. The first-order valence-corrected chi connectivity index (χ1v) is 7.84. The van der Waals surface area contributed by atoms with Crippen LogP contribution in [0.3, 0.4) is 0 Å². The van der Waals surface area contributed by atoms with E-state index in [2.05, 4.69) is 10.6 Å². The summed E-state index contributed by atoms with van der Waals surface area (Å²) in [6, 6.07) is 3.15. The number of urea groups is 1. The number of aliphatic carboxylic acids is 2. The lowest BCUT2D eigenvalue weighted by Gasteiger charge is -2.14. The minimum Gasteiger partial charge on any atom is -0.507 e. The standard InChI is InChI=1S/C14H17IN2O6/c15-9-7-8(1-3-11(9)18)5-6-16-14(23)17-10(13(21)22)2-4-12(19)20/h1,3,7,10,18H,2,4-6H2,(H,19,20)(H,21,22)(H2,16,17,23)/t10-/m0/s1. The molecule has 1 aromatic rings. The summed E-state index contributed by atoms with van der Waals surface area (Å²) >= 11 is 1.99. The molecule has 2 amide bonds. The summed E-state index contributed by atoms with van der Waals surface area (Å²) in [6.45, 7) is 0.276. The third kappa shape index (κ3) is 7.17. The van der Waals surface area contributed by atoms with Crippen molar-refractivity contribution in [1.82, 2.24) is 10.6 Å². The number of benzene rings is 1. The zero-order chi connectivity index (χ0) is 17.4. The summed E-state index contributed by atoms with van der Waals surface area (Å²) in [7, 11) is 0. The molecule has 1 aromatic carbocycles. The van der Waals surface area contributed by atoms with E-state index in [9.17, 15) is 19.5 Å². The number of carbonyl (C=O) groups is 3. The number of carboxylic acid groups (broad SMARTS) is 2. The lowest BCUT2D eigenvalue weighted by molar-refractivity contribution is -0.140. The number of carboxylic acids is 2. The summed E-state index contributed by atoms with van der Waals surface area (Å²) < 4.78 is 0.698. The van der Waals surface area contributed by atoms with E-state index < -0.39 is 24.0 Å². The molecular weight excluding hydrogens is 419 g/mol. The SMILES string of the molecule is O=C(O)CC[C@H](NC(=O)NCCc1ccc(O)c(I)c1)C(=O)O. The van der Waals surface area contributed by atoms with Crippen LogP contribution >= 0.6 is 22.6 Å². The third-order valence-electron chi connectivity index (χ3n) is 2.96. The highest BCUT2D eigenvalue weighted by molar-refractivity contribution is 14.1. The van der Waals surface area contributed by atoms with Gasteiger partial charge in [0.1, 0.15) is 11.8 Å². The van der Waals surface area contributed by atoms with E-state index in [0.29, 0.717) is 9.99 Å². The van der Waals surface area contributed by atoms with Gasteiger partial charge in [0.25, 0.3) is 0 Å². The molecule has 8 nitrogen and oxygen atoms in total. The van der Waals surface area contributed by atoms with Gasteiger partial charge in [0.05, 0.1) is 3.57 Å². The van der Waals surface area contributed by atoms with Gasteiger partial charge in [-0.05, 0) is 53.1 Å². The number of halogens is 1. The summed E-state index contributed by atoms with van der Waals surface area (Å²) in [5, 5.41) is 31.6. The summed E-state index contributed by atoms with van der Waals surface area (Å²) in [4.78, 5) is 33.0. The molecule has 0 aliphatic heterocycles. The third-order valence-corrected chi connectivity index (χ3v) is 3.83. The predicted octanol–water partition coefficient (Wildman–Crippen LogP) is 1.16. The Hall–Kier alpha value is -2.04. The second-order valence-electron chi connectivity index (χ2n) is 4.76. The van der Waals surface area contributed by atoms with Crippen LogP contribution < -0.4 is 10.6 Å². The van der Waals surface area contributed by atoms with Crippen molar-refractivity contribution in [3.8, 4) is 5.75 Å². The van der Waals surface area contributed by atoms with Crippen LogP contribution in [0, 0.1) is 3.57 Å². The average Bonchev–Trinajstić information content (AvgIpc) is 2.46. The van der Waals surface area contributed by atoms with Crippen molar-refractivity contribution in [1.29, 1.82) is 0 Å². The monoisotopic (exact) mass is 436 g/mol. The Morgan fingerprint density at radius 1 is 1.22 bits per heavy atom. The van der Waals surface area contributed by atoms with Crippen LogP contribution in [0.25, 0.3) is 0 Å². The maximum absolute atomic E-state index is 11.6. The molecule has 0 fully saturated rings. The molecule has 5 N–H and O–H groups in total. The smallest absolute Gasteiger partial charge is 0.326 e. The molecule has 0 aliphatic carbocycles. The van der Waals surface area contributed by atoms with Crippen molar-refractivity contribution in [2.24, 2.45) is 0 Å². The van der Waals surface area contributed by atoms with Gasteiger partial charge in [0, 0.05) is 13.0 Å². The Balaban J connectivity index is 2.41. The van der Waals surface area contributed by atoms with Gasteiger partial charge < -0.3 is 26.0 Å². The maximum atomic E-state index is 11.6. The van der Waals surface area contributed by atoms with Crippen LogP contribution in [0.4, 0.5) is 4.79 Å². The molecule has 0 saturated heterocycles. The second-order valence-corrected chi connectivity index (χ2v) is 5.92. The quantitative estimate of drug-likeness (QED) is 0.388. The number of amides is 2. The van der Waals surface area contributed by atoms with E-state index in [1.54, 1.807) is 18.2 Å². The predicted molar refractivity (Wildman–Crippen MR) is 89.4 cm³/mol. The Labute approximate surface area is 146 Å². The molecule has 9 heteroatoms. The fraction of sp³-hybridized carbons (Fsp3) is 0.357. The van der Waals surface area contributed by atoms with Crippen molar-refractivity contribution in [3.63, 3.8) is 0 Å². The van der Waals surface area contributed by atoms with E-state index in [1.807, 2.05) is 22.6 Å². The number of phenolic OH excluding ortho intramolecular Hbond substituents is 1. The molecule has 1 rings (SSSR count). The van der Waals surface area contributed by atoms with E-state index in [0.717, 1.165) is 5.56 Å². The number of hydrogen-bond acceptors (Lipinski definition) is 4. The van der Waals surface area contributed by atoms with Gasteiger partial charge in [-0.25, -0.2) is 9.59 Å². The van der Waals surface area contributed by atoms with Crippen LogP contribution in [-0.4, -0.2) is 45.9 Å². The van der Waals surface area contributed by atoms with Gasteiger partial charge in [-0.15, -0.1) is 0 Å². The van der Waals surface area contributed by atoms with Gasteiger partial charge in [-0.3, -0.25) is 4.79 Å². The number of nitrogens with one attached hydrogen (secondary N) is 2. The fourth-order valence-corrected chi connectivity index (χ4v) is 2.34. The van der Waals surface area contributed by atoms with Gasteiger partial charge in [-0.2, -0.15) is 0 Å². The summed E-state index contributed by atoms with van der Waals surface area (Å²) in [6.07, 6.45) is -0.0198. The van der Waals surface area contributed by atoms with Crippen LogP contribution in [0.1, 0.15) is 18.4 Å². The van der Waals surface area contributed by atoms with Gasteiger partial charge in [-0.1, -0.05) is 6.07 Å². The van der Waals surface area contributed by atoms with Crippen LogP contribution in [0.5, 0.6) is 5.75 Å².